The van der Waals surface area contributed by atoms with Gasteiger partial charge in [-0.15, -0.1) is 0 Å². The van der Waals surface area contributed by atoms with Crippen molar-refractivity contribution in [2.75, 3.05) is 19.6 Å². The molecule has 6 nitrogen and oxygen atoms in total. The van der Waals surface area contributed by atoms with Gasteiger partial charge in [0.2, 0.25) is 15.9 Å². The van der Waals surface area contributed by atoms with E-state index < -0.39 is 15.9 Å². The van der Waals surface area contributed by atoms with Gasteiger partial charge in [0.05, 0.1) is 10.9 Å². The molecule has 7 heteroatoms. The zero-order chi connectivity index (χ0) is 18.7. The van der Waals surface area contributed by atoms with Crippen LogP contribution in [0.25, 0.3) is 0 Å². The maximum atomic E-state index is 13.2. The molecule has 0 spiro atoms. The van der Waals surface area contributed by atoms with E-state index in [4.69, 9.17) is 5.73 Å². The zero-order valence-electron chi connectivity index (χ0n) is 14.7. The highest BCUT2D eigenvalue weighted by Gasteiger charge is 2.34. The number of nitrogens with zero attached hydrogens (tertiary/aromatic N) is 1. The van der Waals surface area contributed by atoms with Crippen LogP contribution in [0, 0.1) is 0 Å². The molecular formula is C19H23N3O3S. The van der Waals surface area contributed by atoms with E-state index >= 15 is 0 Å². The molecule has 0 bridgehead atoms. The van der Waals surface area contributed by atoms with E-state index in [-0.39, 0.29) is 16.5 Å². The highest BCUT2D eigenvalue weighted by molar-refractivity contribution is 7.89. The molecule has 138 valence electrons. The van der Waals surface area contributed by atoms with Crippen LogP contribution in [0.1, 0.15) is 34.5 Å². The summed E-state index contributed by atoms with van der Waals surface area (Å²) in [6, 6.07) is 13.6. The van der Waals surface area contributed by atoms with Crippen molar-refractivity contribution in [3.8, 4) is 0 Å². The lowest BCUT2D eigenvalue weighted by atomic mass is 10.0. The molecule has 2 aromatic rings. The van der Waals surface area contributed by atoms with E-state index in [9.17, 15) is 13.2 Å². The molecule has 1 amide bonds. The summed E-state index contributed by atoms with van der Waals surface area (Å²) in [5, 5.41) is 3.26. The highest BCUT2D eigenvalue weighted by atomic mass is 32.2. The minimum atomic E-state index is -3.75. The van der Waals surface area contributed by atoms with Gasteiger partial charge in [0, 0.05) is 25.2 Å². The topological polar surface area (TPSA) is 92.5 Å². The quantitative estimate of drug-likeness (QED) is 0.834. The lowest BCUT2D eigenvalue weighted by Gasteiger charge is -2.35. The Morgan fingerprint density at radius 2 is 1.96 bits per heavy atom. The predicted octanol–water partition coefficient (Wildman–Crippen LogP) is 1.68. The Morgan fingerprint density at radius 1 is 1.23 bits per heavy atom. The zero-order valence-corrected chi connectivity index (χ0v) is 15.5. The summed E-state index contributed by atoms with van der Waals surface area (Å²) in [6.45, 7) is 3.57. The van der Waals surface area contributed by atoms with Crippen LogP contribution in [0.5, 0.6) is 0 Å². The fourth-order valence-corrected chi connectivity index (χ4v) is 4.84. The minimum absolute atomic E-state index is 0.0888. The van der Waals surface area contributed by atoms with Crippen LogP contribution in [0.4, 0.5) is 0 Å². The number of nitrogens with two attached hydrogens (primary N) is 1. The summed E-state index contributed by atoms with van der Waals surface area (Å²) in [5.41, 5.74) is 7.64. The summed E-state index contributed by atoms with van der Waals surface area (Å²) in [7, 11) is -3.75. The number of hydrogen-bond donors (Lipinski definition) is 2. The monoisotopic (exact) mass is 373 g/mol. The molecule has 3 N–H and O–H groups in total. The van der Waals surface area contributed by atoms with Gasteiger partial charge in [-0.25, -0.2) is 8.42 Å². The van der Waals surface area contributed by atoms with Crippen molar-refractivity contribution in [1.82, 2.24) is 9.62 Å². The molecule has 1 saturated heterocycles. The predicted molar refractivity (Wildman–Crippen MR) is 100 cm³/mol. The number of aryl methyl sites for hydroxylation is 1. The molecule has 0 aliphatic carbocycles. The number of primary amides is 1. The highest BCUT2D eigenvalue weighted by Crippen LogP contribution is 2.29. The van der Waals surface area contributed by atoms with Gasteiger partial charge in [-0.05, 0) is 35.7 Å². The number of rotatable bonds is 5. The van der Waals surface area contributed by atoms with Gasteiger partial charge >= 0.3 is 0 Å². The summed E-state index contributed by atoms with van der Waals surface area (Å²) in [5.74, 6) is -0.644. The van der Waals surface area contributed by atoms with E-state index in [1.807, 2.05) is 24.3 Å². The Bertz CT molecular complexity index is 895. The number of benzene rings is 2. The normalized spacial score (nSPS) is 18.6. The number of nitrogens with one attached hydrogen (secondary N) is 1. The van der Waals surface area contributed by atoms with Crippen LogP contribution in [-0.4, -0.2) is 38.3 Å². The first-order valence-electron chi connectivity index (χ1n) is 8.64. The number of carbonyl (C=O) groups is 1. The van der Waals surface area contributed by atoms with Gasteiger partial charge < -0.3 is 11.1 Å². The molecule has 0 saturated carbocycles. The van der Waals surface area contributed by atoms with Gasteiger partial charge in [0.1, 0.15) is 0 Å². The lowest BCUT2D eigenvalue weighted by molar-refractivity contribution is 0.1000. The largest absolute Gasteiger partial charge is 0.366 e. The van der Waals surface area contributed by atoms with Crippen molar-refractivity contribution in [1.29, 1.82) is 0 Å². The van der Waals surface area contributed by atoms with Gasteiger partial charge in [-0.2, -0.15) is 4.31 Å². The SMILES string of the molecule is CCc1ccc(C2CNCCN2S(=O)(=O)c2cccc(C(N)=O)c2)cc1. The van der Waals surface area contributed by atoms with Gasteiger partial charge in [-0.1, -0.05) is 37.3 Å². The molecule has 0 radical (unpaired) electrons. The average Bonchev–Trinajstić information content (AvgIpc) is 2.68. The number of hydrogen-bond acceptors (Lipinski definition) is 4. The summed E-state index contributed by atoms with van der Waals surface area (Å²) in [4.78, 5) is 11.5. The third-order valence-electron chi connectivity index (χ3n) is 4.69. The fraction of sp³-hybridized carbons (Fsp3) is 0.316. The second kappa shape index (κ2) is 7.57. The molecule has 1 aliphatic heterocycles. The number of piperazine rings is 1. The Balaban J connectivity index is 1.97. The molecular weight excluding hydrogens is 350 g/mol. The van der Waals surface area contributed by atoms with Crippen molar-refractivity contribution in [2.45, 2.75) is 24.3 Å². The molecule has 1 atom stereocenters. The molecule has 1 aliphatic rings. The third-order valence-corrected chi connectivity index (χ3v) is 6.60. The first-order valence-corrected chi connectivity index (χ1v) is 10.1. The second-order valence-electron chi connectivity index (χ2n) is 6.32. The maximum Gasteiger partial charge on any atom is 0.248 e. The Morgan fingerprint density at radius 3 is 2.62 bits per heavy atom. The van der Waals surface area contributed by atoms with E-state index in [2.05, 4.69) is 12.2 Å². The standard InChI is InChI=1S/C19H23N3O3S/c1-2-14-6-8-15(9-7-14)18-13-21-10-11-22(18)26(24,25)17-5-3-4-16(12-17)19(20)23/h3-9,12,18,21H,2,10-11,13H2,1H3,(H2,20,23). The molecule has 3 rings (SSSR count). The third kappa shape index (κ3) is 3.65. The van der Waals surface area contributed by atoms with E-state index in [1.54, 1.807) is 6.07 Å². The minimum Gasteiger partial charge on any atom is -0.366 e. The van der Waals surface area contributed by atoms with Crippen molar-refractivity contribution >= 4 is 15.9 Å². The van der Waals surface area contributed by atoms with Gasteiger partial charge in [0.15, 0.2) is 0 Å². The lowest BCUT2D eigenvalue weighted by Crippen LogP contribution is -2.48. The smallest absolute Gasteiger partial charge is 0.248 e. The Kier molecular flexibility index (Phi) is 5.41. The second-order valence-corrected chi connectivity index (χ2v) is 8.21. The summed E-state index contributed by atoms with van der Waals surface area (Å²) < 4.78 is 27.9. The number of sulfonamides is 1. The number of amides is 1. The van der Waals surface area contributed by atoms with Gasteiger partial charge in [-0.3, -0.25) is 4.79 Å². The maximum absolute atomic E-state index is 13.2. The Hall–Kier alpha value is -2.22. The van der Waals surface area contributed by atoms with Gasteiger partial charge in [0.25, 0.3) is 0 Å². The summed E-state index contributed by atoms with van der Waals surface area (Å²) in [6.07, 6.45) is 0.936. The fourth-order valence-electron chi connectivity index (χ4n) is 3.18. The van der Waals surface area contributed by atoms with Crippen molar-refractivity contribution in [3.63, 3.8) is 0 Å². The first-order chi connectivity index (χ1) is 12.4. The molecule has 1 heterocycles. The molecule has 1 fully saturated rings. The van der Waals surface area contributed by atoms with Crippen LogP contribution < -0.4 is 11.1 Å². The van der Waals surface area contributed by atoms with Crippen LogP contribution >= 0.6 is 0 Å². The number of carbonyl (C=O) groups excluding carboxylic acids is 1. The van der Waals surface area contributed by atoms with Crippen LogP contribution in [0.15, 0.2) is 53.4 Å². The van der Waals surface area contributed by atoms with Crippen molar-refractivity contribution in [2.24, 2.45) is 5.73 Å². The molecule has 26 heavy (non-hydrogen) atoms. The van der Waals surface area contributed by atoms with Crippen LogP contribution in [-0.2, 0) is 16.4 Å². The van der Waals surface area contributed by atoms with Crippen LogP contribution in [0.3, 0.4) is 0 Å². The summed E-state index contributed by atoms with van der Waals surface area (Å²) >= 11 is 0. The van der Waals surface area contributed by atoms with Crippen LogP contribution in [0.2, 0.25) is 0 Å². The van der Waals surface area contributed by atoms with E-state index in [0.29, 0.717) is 19.6 Å². The van der Waals surface area contributed by atoms with Crippen molar-refractivity contribution < 1.29 is 13.2 Å². The van der Waals surface area contributed by atoms with E-state index in [0.717, 1.165) is 12.0 Å². The average molecular weight is 373 g/mol. The Labute approximate surface area is 154 Å². The molecule has 2 aromatic carbocycles. The first kappa shape index (κ1) is 18.6. The molecule has 0 aromatic heterocycles. The van der Waals surface area contributed by atoms with E-state index in [1.165, 1.54) is 28.1 Å². The molecule has 1 unspecified atom stereocenters. The van der Waals surface area contributed by atoms with Crippen molar-refractivity contribution in [3.05, 3.63) is 65.2 Å².